The van der Waals surface area contributed by atoms with Gasteiger partial charge < -0.3 is 21.6 Å². The first kappa shape index (κ1) is 16.9. The van der Waals surface area contributed by atoms with Crippen molar-refractivity contribution in [2.45, 2.75) is 20.8 Å². The van der Waals surface area contributed by atoms with Gasteiger partial charge in [-0.3, -0.25) is 0 Å². The highest BCUT2D eigenvalue weighted by molar-refractivity contribution is 5.81. The highest BCUT2D eigenvalue weighted by atomic mass is 35.5. The number of hydrogen-bond donors (Lipinski definition) is 0. The number of rotatable bonds is 6. The minimum absolute atomic E-state index is 0. The Bertz CT molecular complexity index is 201. The molecule has 0 spiro atoms. The molecule has 3 nitrogen and oxygen atoms in total. The molecule has 0 rings (SSSR count). The summed E-state index contributed by atoms with van der Waals surface area (Å²) in [5.74, 6) is -0.244. The maximum absolute atomic E-state index is 11.0. The molecule has 0 aliphatic carbocycles. The zero-order valence-corrected chi connectivity index (χ0v) is 10.9. The number of ether oxygens (including phenoxy) is 1. The van der Waals surface area contributed by atoms with Crippen LogP contribution in [0.3, 0.4) is 0 Å². The standard InChI is InChI=1S/C11H22NO2.ClH/c1-5-8-11(13)14-10-9-12(4,6-2)7-3;/h5,8H,6-7,9-10H2,1-4H3;1H/q+1;/p-1. The van der Waals surface area contributed by atoms with Crippen molar-refractivity contribution in [2.24, 2.45) is 0 Å². The molecule has 0 amide bonds. The topological polar surface area (TPSA) is 26.3 Å². The van der Waals surface area contributed by atoms with Crippen molar-refractivity contribution >= 4 is 5.97 Å². The number of nitrogens with zero attached hydrogens (tertiary/aromatic N) is 1. The molecular formula is C11H22ClNO2. The lowest BCUT2D eigenvalue weighted by Gasteiger charge is -2.31. The third-order valence-corrected chi connectivity index (χ3v) is 2.71. The fourth-order valence-corrected chi connectivity index (χ4v) is 1.09. The quantitative estimate of drug-likeness (QED) is 0.322. The van der Waals surface area contributed by atoms with E-state index in [-0.39, 0.29) is 18.4 Å². The first-order chi connectivity index (χ1) is 6.58. The minimum atomic E-state index is -0.244. The molecule has 0 atom stereocenters. The zero-order valence-electron chi connectivity index (χ0n) is 10.1. The molecule has 0 saturated heterocycles. The lowest BCUT2D eigenvalue weighted by atomic mass is 10.4. The number of quaternary nitrogens is 1. The molecule has 0 aromatic rings. The van der Waals surface area contributed by atoms with Gasteiger partial charge in [0.15, 0.2) is 0 Å². The van der Waals surface area contributed by atoms with Crippen molar-refractivity contribution in [1.82, 2.24) is 0 Å². The van der Waals surface area contributed by atoms with Gasteiger partial charge in [-0.2, -0.15) is 0 Å². The van der Waals surface area contributed by atoms with E-state index in [9.17, 15) is 4.79 Å². The summed E-state index contributed by atoms with van der Waals surface area (Å²) in [6, 6.07) is 0. The molecule has 90 valence electrons. The maximum Gasteiger partial charge on any atom is 0.330 e. The number of hydrogen-bond acceptors (Lipinski definition) is 2. The van der Waals surface area contributed by atoms with Crippen LogP contribution < -0.4 is 12.4 Å². The van der Waals surface area contributed by atoms with Crippen LogP contribution >= 0.6 is 0 Å². The Balaban J connectivity index is 0. The Morgan fingerprint density at radius 2 is 1.87 bits per heavy atom. The van der Waals surface area contributed by atoms with Crippen molar-refractivity contribution < 1.29 is 26.4 Å². The molecule has 4 heteroatoms. The van der Waals surface area contributed by atoms with Crippen molar-refractivity contribution in [3.63, 3.8) is 0 Å². The Hall–Kier alpha value is -0.540. The van der Waals surface area contributed by atoms with Crippen molar-refractivity contribution in [1.29, 1.82) is 0 Å². The number of esters is 1. The van der Waals surface area contributed by atoms with Crippen LogP contribution in [0.2, 0.25) is 0 Å². The van der Waals surface area contributed by atoms with Gasteiger partial charge in [0.2, 0.25) is 0 Å². The molecule has 15 heavy (non-hydrogen) atoms. The highest BCUT2D eigenvalue weighted by Crippen LogP contribution is 2.00. The second-order valence-corrected chi connectivity index (χ2v) is 3.64. The van der Waals surface area contributed by atoms with Crippen LogP contribution in [0.5, 0.6) is 0 Å². The third-order valence-electron chi connectivity index (χ3n) is 2.71. The summed E-state index contributed by atoms with van der Waals surface area (Å²) in [6.45, 7) is 9.63. The molecule has 0 saturated carbocycles. The summed E-state index contributed by atoms with van der Waals surface area (Å²) in [5, 5.41) is 0. The van der Waals surface area contributed by atoms with E-state index in [1.165, 1.54) is 6.08 Å². The number of allylic oxidation sites excluding steroid dienone is 1. The van der Waals surface area contributed by atoms with Crippen molar-refractivity contribution in [2.75, 3.05) is 33.3 Å². The van der Waals surface area contributed by atoms with Gasteiger partial charge >= 0.3 is 5.97 Å². The van der Waals surface area contributed by atoms with Crippen LogP contribution in [-0.4, -0.2) is 43.7 Å². The first-order valence-electron chi connectivity index (χ1n) is 5.21. The van der Waals surface area contributed by atoms with Gasteiger partial charge in [0, 0.05) is 6.08 Å². The number of carbonyl (C=O) groups excluding carboxylic acids is 1. The molecule has 0 aliphatic rings. The van der Waals surface area contributed by atoms with Gasteiger partial charge in [0.05, 0.1) is 20.1 Å². The summed E-state index contributed by atoms with van der Waals surface area (Å²) in [6.07, 6.45) is 3.14. The molecule has 0 fully saturated rings. The predicted octanol–water partition coefficient (Wildman–Crippen LogP) is -1.40. The molecule has 0 bridgehead atoms. The van der Waals surface area contributed by atoms with E-state index < -0.39 is 0 Å². The van der Waals surface area contributed by atoms with Crippen LogP contribution in [0, 0.1) is 0 Å². The molecule has 0 radical (unpaired) electrons. The second kappa shape index (κ2) is 8.74. The van der Waals surface area contributed by atoms with E-state index in [0.717, 1.165) is 24.1 Å². The molecule has 0 aromatic heterocycles. The van der Waals surface area contributed by atoms with E-state index >= 15 is 0 Å². The molecule has 0 heterocycles. The maximum atomic E-state index is 11.0. The average Bonchev–Trinajstić information content (AvgIpc) is 2.18. The Labute approximate surface area is 99.1 Å². The summed E-state index contributed by atoms with van der Waals surface area (Å²) >= 11 is 0. The summed E-state index contributed by atoms with van der Waals surface area (Å²) < 4.78 is 5.99. The Morgan fingerprint density at radius 1 is 1.33 bits per heavy atom. The molecule has 0 aromatic carbocycles. The van der Waals surface area contributed by atoms with Crippen molar-refractivity contribution in [3.05, 3.63) is 12.2 Å². The number of carbonyl (C=O) groups is 1. The lowest BCUT2D eigenvalue weighted by molar-refractivity contribution is -0.906. The Kier molecular flexibility index (Phi) is 9.84. The zero-order chi connectivity index (χ0) is 11.0. The summed E-state index contributed by atoms with van der Waals surface area (Å²) in [5.41, 5.74) is 0. The largest absolute Gasteiger partial charge is 1.00 e. The van der Waals surface area contributed by atoms with Crippen LogP contribution in [-0.2, 0) is 9.53 Å². The Morgan fingerprint density at radius 3 is 2.27 bits per heavy atom. The van der Waals surface area contributed by atoms with Gasteiger partial charge in [-0.25, -0.2) is 4.79 Å². The fraction of sp³-hybridized carbons (Fsp3) is 0.727. The van der Waals surface area contributed by atoms with Gasteiger partial charge in [0.1, 0.15) is 13.2 Å². The van der Waals surface area contributed by atoms with E-state index in [4.69, 9.17) is 4.74 Å². The van der Waals surface area contributed by atoms with Crippen LogP contribution in [0.4, 0.5) is 0 Å². The van der Waals surface area contributed by atoms with Gasteiger partial charge in [-0.05, 0) is 20.8 Å². The normalized spacial score (nSPS) is 11.2. The molecule has 0 aliphatic heterocycles. The van der Waals surface area contributed by atoms with Crippen LogP contribution in [0.15, 0.2) is 12.2 Å². The smallest absolute Gasteiger partial charge is 0.330 e. The van der Waals surface area contributed by atoms with Gasteiger partial charge in [-0.15, -0.1) is 0 Å². The third kappa shape index (κ3) is 7.40. The summed E-state index contributed by atoms with van der Waals surface area (Å²) in [7, 11) is 2.17. The van der Waals surface area contributed by atoms with Gasteiger partial charge in [-0.1, -0.05) is 6.08 Å². The average molecular weight is 236 g/mol. The minimum Gasteiger partial charge on any atom is -1.00 e. The number of halogens is 1. The fourth-order valence-electron chi connectivity index (χ4n) is 1.09. The highest BCUT2D eigenvalue weighted by Gasteiger charge is 2.16. The van der Waals surface area contributed by atoms with E-state index in [0.29, 0.717) is 6.61 Å². The molecular weight excluding hydrogens is 214 g/mol. The lowest BCUT2D eigenvalue weighted by Crippen LogP contribution is -3.00. The molecule has 0 N–H and O–H groups in total. The van der Waals surface area contributed by atoms with E-state index in [1.54, 1.807) is 13.0 Å². The van der Waals surface area contributed by atoms with E-state index in [1.807, 2.05) is 0 Å². The second-order valence-electron chi connectivity index (χ2n) is 3.64. The van der Waals surface area contributed by atoms with Crippen molar-refractivity contribution in [3.8, 4) is 0 Å². The summed E-state index contributed by atoms with van der Waals surface area (Å²) in [4.78, 5) is 11.0. The number of likely N-dealkylation sites (N-methyl/N-ethyl adjacent to an activating group) is 1. The van der Waals surface area contributed by atoms with Crippen LogP contribution in [0.1, 0.15) is 20.8 Å². The van der Waals surface area contributed by atoms with Gasteiger partial charge in [0.25, 0.3) is 0 Å². The first-order valence-corrected chi connectivity index (χ1v) is 5.21. The SMILES string of the molecule is CC=CC(=O)OCC[N+](C)(CC)CC.[Cl-]. The van der Waals surface area contributed by atoms with Crippen LogP contribution in [0.25, 0.3) is 0 Å². The van der Waals surface area contributed by atoms with E-state index in [2.05, 4.69) is 20.9 Å². The predicted molar refractivity (Wildman–Crippen MR) is 57.9 cm³/mol. The molecule has 0 unspecified atom stereocenters. The monoisotopic (exact) mass is 235 g/mol.